The molecule has 3 fully saturated rings. The fraction of sp³-hybridized carbons (Fsp3) is 0.889. The molecule has 3 rings (SSSR count). The van der Waals surface area contributed by atoms with Gasteiger partial charge in [-0.3, -0.25) is 9.59 Å². The highest BCUT2D eigenvalue weighted by Gasteiger charge is 2.47. The van der Waals surface area contributed by atoms with Crippen LogP contribution < -0.4 is 0 Å². The zero-order valence-electron chi connectivity index (χ0n) is 14.8. The molecule has 0 bridgehead atoms. The van der Waals surface area contributed by atoms with Gasteiger partial charge in [-0.25, -0.2) is 0 Å². The predicted octanol–water partition coefficient (Wildman–Crippen LogP) is 1.29. The first-order chi connectivity index (χ1) is 11.7. The van der Waals surface area contributed by atoms with Gasteiger partial charge in [-0.1, -0.05) is 0 Å². The van der Waals surface area contributed by atoms with Gasteiger partial charge in [0.15, 0.2) is 0 Å². The van der Waals surface area contributed by atoms with Crippen LogP contribution in [0.5, 0.6) is 0 Å². The highest BCUT2D eigenvalue weighted by atomic mass is 16.5. The quantitative estimate of drug-likeness (QED) is 0.775. The van der Waals surface area contributed by atoms with E-state index in [2.05, 4.69) is 0 Å². The average molecular weight is 338 g/mol. The Morgan fingerprint density at radius 3 is 2.71 bits per heavy atom. The molecule has 136 valence electrons. The second-order valence-electron chi connectivity index (χ2n) is 7.38. The fourth-order valence-corrected chi connectivity index (χ4v) is 4.39. The van der Waals surface area contributed by atoms with Gasteiger partial charge in [0.1, 0.15) is 0 Å². The van der Waals surface area contributed by atoms with Crippen molar-refractivity contribution in [1.29, 1.82) is 0 Å². The molecule has 0 aliphatic carbocycles. The first kappa shape index (κ1) is 17.7. The van der Waals surface area contributed by atoms with Crippen LogP contribution in [-0.2, 0) is 19.1 Å². The van der Waals surface area contributed by atoms with E-state index in [1.54, 1.807) is 7.11 Å². The van der Waals surface area contributed by atoms with Crippen LogP contribution in [0.2, 0.25) is 0 Å². The van der Waals surface area contributed by atoms with E-state index in [0.717, 1.165) is 58.2 Å². The smallest absolute Gasteiger partial charge is 0.229 e. The summed E-state index contributed by atoms with van der Waals surface area (Å²) in [5, 5.41) is 0. The monoisotopic (exact) mass is 338 g/mol. The summed E-state index contributed by atoms with van der Waals surface area (Å²) >= 11 is 0. The summed E-state index contributed by atoms with van der Waals surface area (Å²) in [5.74, 6) is 0.669. The first-order valence-corrected chi connectivity index (χ1v) is 9.31. The maximum Gasteiger partial charge on any atom is 0.229 e. The summed E-state index contributed by atoms with van der Waals surface area (Å²) in [6.07, 6.45) is 5.25. The van der Waals surface area contributed by atoms with E-state index < -0.39 is 0 Å². The van der Waals surface area contributed by atoms with Gasteiger partial charge in [0.25, 0.3) is 0 Å². The maximum atomic E-state index is 12.9. The van der Waals surface area contributed by atoms with Gasteiger partial charge in [0.2, 0.25) is 11.8 Å². The molecule has 0 unspecified atom stereocenters. The Bertz CT molecular complexity index is 464. The third-order valence-electron chi connectivity index (χ3n) is 5.99. The Morgan fingerprint density at radius 2 is 1.96 bits per heavy atom. The highest BCUT2D eigenvalue weighted by Crippen LogP contribution is 2.41. The molecule has 3 heterocycles. The van der Waals surface area contributed by atoms with Crippen LogP contribution in [0.25, 0.3) is 0 Å². The summed E-state index contributed by atoms with van der Waals surface area (Å²) in [6.45, 7) is 5.01. The van der Waals surface area contributed by atoms with Gasteiger partial charge in [-0.15, -0.1) is 0 Å². The summed E-state index contributed by atoms with van der Waals surface area (Å²) in [7, 11) is 1.67. The van der Waals surface area contributed by atoms with Crippen molar-refractivity contribution < 1.29 is 19.1 Å². The van der Waals surface area contributed by atoms with E-state index in [1.165, 1.54) is 0 Å². The average Bonchev–Trinajstić information content (AvgIpc) is 2.79. The van der Waals surface area contributed by atoms with E-state index in [9.17, 15) is 9.59 Å². The van der Waals surface area contributed by atoms with Gasteiger partial charge in [-0.05, 0) is 38.5 Å². The number of methoxy groups -OCH3 is 1. The van der Waals surface area contributed by atoms with E-state index in [0.29, 0.717) is 26.4 Å². The van der Waals surface area contributed by atoms with Crippen molar-refractivity contribution in [3.63, 3.8) is 0 Å². The summed E-state index contributed by atoms with van der Waals surface area (Å²) in [5.41, 5.74) is -0.238. The highest BCUT2D eigenvalue weighted by molar-refractivity contribution is 5.85. The molecule has 0 aromatic heterocycles. The molecule has 1 spiro atoms. The zero-order valence-corrected chi connectivity index (χ0v) is 14.8. The normalized spacial score (nSPS) is 29.3. The summed E-state index contributed by atoms with van der Waals surface area (Å²) in [4.78, 5) is 29.6. The number of likely N-dealkylation sites (tertiary alicyclic amines) is 2. The molecule has 0 saturated carbocycles. The third-order valence-corrected chi connectivity index (χ3v) is 5.99. The van der Waals surface area contributed by atoms with Gasteiger partial charge < -0.3 is 19.3 Å². The first-order valence-electron chi connectivity index (χ1n) is 9.31. The number of carbonyl (C=O) groups is 2. The lowest BCUT2D eigenvalue weighted by Crippen LogP contribution is -2.40. The maximum absolute atomic E-state index is 12.9. The third kappa shape index (κ3) is 3.59. The van der Waals surface area contributed by atoms with E-state index in [-0.39, 0.29) is 23.1 Å². The van der Waals surface area contributed by atoms with E-state index in [1.807, 2.05) is 9.80 Å². The van der Waals surface area contributed by atoms with Crippen molar-refractivity contribution in [2.75, 3.05) is 53.1 Å². The Kier molecular flexibility index (Phi) is 5.76. The lowest BCUT2D eigenvalue weighted by molar-refractivity contribution is -0.140. The largest absolute Gasteiger partial charge is 0.383 e. The summed E-state index contributed by atoms with van der Waals surface area (Å²) in [6, 6.07) is 0. The van der Waals surface area contributed by atoms with Crippen LogP contribution in [0.3, 0.4) is 0 Å². The SMILES string of the molecule is COCCN1CC[C@]2(CCCN(C(=O)C3CCOCC3)CC2)C1=O. The Balaban J connectivity index is 1.58. The number of amides is 2. The van der Waals surface area contributed by atoms with Crippen molar-refractivity contribution in [2.45, 2.75) is 38.5 Å². The molecular weight excluding hydrogens is 308 g/mol. The second-order valence-corrected chi connectivity index (χ2v) is 7.38. The van der Waals surface area contributed by atoms with Crippen LogP contribution in [0, 0.1) is 11.3 Å². The molecule has 0 aromatic carbocycles. The lowest BCUT2D eigenvalue weighted by Gasteiger charge is -2.29. The Hall–Kier alpha value is -1.14. The van der Waals surface area contributed by atoms with Crippen LogP contribution >= 0.6 is 0 Å². The van der Waals surface area contributed by atoms with E-state index >= 15 is 0 Å². The number of carbonyl (C=O) groups excluding carboxylic acids is 2. The minimum absolute atomic E-state index is 0.116. The van der Waals surface area contributed by atoms with E-state index in [4.69, 9.17) is 9.47 Å². The standard InChI is InChI=1S/C18H30N2O4/c1-23-14-11-20-10-7-18(17(20)22)5-2-8-19(9-6-18)16(21)15-3-12-24-13-4-15/h15H,2-14H2,1H3/t18-/m1/s1. The molecule has 0 radical (unpaired) electrons. The number of hydrogen-bond acceptors (Lipinski definition) is 4. The molecule has 3 saturated heterocycles. The van der Waals surface area contributed by atoms with Gasteiger partial charge in [0, 0.05) is 52.4 Å². The Labute approximate surface area is 144 Å². The molecule has 3 aliphatic rings. The van der Waals surface area contributed by atoms with Crippen LogP contribution in [0.4, 0.5) is 0 Å². The number of nitrogens with zero attached hydrogens (tertiary/aromatic N) is 2. The van der Waals surface area contributed by atoms with Crippen LogP contribution in [0.15, 0.2) is 0 Å². The molecule has 6 nitrogen and oxygen atoms in total. The Morgan fingerprint density at radius 1 is 1.21 bits per heavy atom. The zero-order chi connectivity index (χ0) is 17.0. The number of hydrogen-bond donors (Lipinski definition) is 0. The topological polar surface area (TPSA) is 59.1 Å². The molecule has 3 aliphatic heterocycles. The lowest BCUT2D eigenvalue weighted by atomic mass is 9.79. The molecule has 24 heavy (non-hydrogen) atoms. The van der Waals surface area contributed by atoms with Crippen LogP contribution in [-0.4, -0.2) is 74.7 Å². The molecule has 6 heteroatoms. The van der Waals surface area contributed by atoms with Crippen molar-refractivity contribution in [3.8, 4) is 0 Å². The second kappa shape index (κ2) is 7.83. The van der Waals surface area contributed by atoms with Gasteiger partial charge >= 0.3 is 0 Å². The molecule has 0 N–H and O–H groups in total. The number of ether oxygens (including phenoxy) is 2. The van der Waals surface area contributed by atoms with Crippen molar-refractivity contribution >= 4 is 11.8 Å². The minimum atomic E-state index is -0.238. The minimum Gasteiger partial charge on any atom is -0.383 e. The van der Waals surface area contributed by atoms with Crippen molar-refractivity contribution in [1.82, 2.24) is 9.80 Å². The predicted molar refractivity (Wildman–Crippen MR) is 89.5 cm³/mol. The van der Waals surface area contributed by atoms with Gasteiger partial charge in [-0.2, -0.15) is 0 Å². The molecule has 1 atom stereocenters. The fourth-order valence-electron chi connectivity index (χ4n) is 4.39. The molecule has 0 aromatic rings. The molecular formula is C18H30N2O4. The summed E-state index contributed by atoms with van der Waals surface area (Å²) < 4.78 is 10.5. The number of rotatable bonds is 4. The van der Waals surface area contributed by atoms with Crippen molar-refractivity contribution in [3.05, 3.63) is 0 Å². The van der Waals surface area contributed by atoms with Crippen molar-refractivity contribution in [2.24, 2.45) is 11.3 Å². The van der Waals surface area contributed by atoms with Crippen LogP contribution in [0.1, 0.15) is 38.5 Å². The molecule has 2 amide bonds. The van der Waals surface area contributed by atoms with Gasteiger partial charge in [0.05, 0.1) is 12.0 Å².